The minimum atomic E-state index is -0.712. The number of carbonyl (C=O) groups is 1. The lowest BCUT2D eigenvalue weighted by atomic mass is 9.81. The molecule has 0 aliphatic heterocycles. The number of methoxy groups -OCH3 is 2. The summed E-state index contributed by atoms with van der Waals surface area (Å²) in [6, 6.07) is 16.7. The fourth-order valence-electron chi connectivity index (χ4n) is 6.14. The third-order valence-corrected chi connectivity index (χ3v) is 8.12. The Morgan fingerprint density at radius 2 is 1.82 bits per heavy atom. The number of aliphatic carboxylic acids is 1. The van der Waals surface area contributed by atoms with E-state index in [1.165, 1.54) is 11.6 Å². The van der Waals surface area contributed by atoms with Crippen LogP contribution in [0.15, 0.2) is 54.6 Å². The minimum absolute atomic E-state index is 0.228. The summed E-state index contributed by atoms with van der Waals surface area (Å²) in [7, 11) is 3.24. The van der Waals surface area contributed by atoms with E-state index in [2.05, 4.69) is 26.8 Å². The lowest BCUT2D eigenvalue weighted by Gasteiger charge is -2.32. The zero-order valence-corrected chi connectivity index (χ0v) is 22.6. The lowest BCUT2D eigenvalue weighted by Crippen LogP contribution is -2.21. The van der Waals surface area contributed by atoms with Crippen LogP contribution in [0.25, 0.3) is 11.1 Å². The fourth-order valence-corrected chi connectivity index (χ4v) is 6.14. The average molecular weight is 519 g/mol. The van der Waals surface area contributed by atoms with E-state index in [0.29, 0.717) is 24.3 Å². The molecule has 0 unspecified atom stereocenters. The number of carboxylic acid groups (broad SMARTS) is 1. The Kier molecular flexibility index (Phi) is 6.72. The van der Waals surface area contributed by atoms with Gasteiger partial charge in [0.25, 0.3) is 0 Å². The molecular weight excluding hydrogens is 483 g/mol. The van der Waals surface area contributed by atoms with Crippen molar-refractivity contribution in [3.05, 3.63) is 82.7 Å². The fraction of sp³-hybridized carbons (Fsp3) is 0.406. The van der Waals surface area contributed by atoms with Crippen LogP contribution in [0, 0.1) is 17.2 Å². The predicted molar refractivity (Wildman–Crippen MR) is 144 cm³/mol. The molecule has 5 rings (SSSR count). The second-order valence-corrected chi connectivity index (χ2v) is 11.6. The Hall–Kier alpha value is -3.38. The summed E-state index contributed by atoms with van der Waals surface area (Å²) in [5.74, 6) is -0.0266. The van der Waals surface area contributed by atoms with Crippen molar-refractivity contribution in [2.45, 2.75) is 58.2 Å². The Morgan fingerprint density at radius 1 is 1.05 bits per heavy atom. The van der Waals surface area contributed by atoms with Gasteiger partial charge in [-0.2, -0.15) is 0 Å². The molecule has 2 aliphatic rings. The molecule has 0 bridgehead atoms. The quantitative estimate of drug-likeness (QED) is 0.345. The highest BCUT2D eigenvalue weighted by molar-refractivity contribution is 5.78. The first-order valence-electron chi connectivity index (χ1n) is 13.1. The summed E-state index contributed by atoms with van der Waals surface area (Å²) in [4.78, 5) is 11.6. The number of fused-ring (bicyclic) bond motifs is 2. The van der Waals surface area contributed by atoms with Crippen molar-refractivity contribution in [3.63, 3.8) is 0 Å². The molecule has 2 aliphatic carbocycles. The molecule has 5 nitrogen and oxygen atoms in total. The predicted octanol–water partition coefficient (Wildman–Crippen LogP) is 7.10. The maximum atomic E-state index is 15.0. The summed E-state index contributed by atoms with van der Waals surface area (Å²) in [6.45, 7) is 6.61. The lowest BCUT2D eigenvalue weighted by molar-refractivity contribution is -0.139. The highest BCUT2D eigenvalue weighted by Gasteiger charge is 2.61. The molecule has 1 fully saturated rings. The maximum absolute atomic E-state index is 15.0. The Bertz CT molecular complexity index is 1370. The van der Waals surface area contributed by atoms with Crippen molar-refractivity contribution in [2.75, 3.05) is 14.2 Å². The highest BCUT2D eigenvalue weighted by atomic mass is 19.1. The molecule has 0 saturated heterocycles. The summed E-state index contributed by atoms with van der Waals surface area (Å²) in [6.07, 6.45) is 2.22. The number of hydrogen-bond donors (Lipinski definition) is 1. The molecular formula is C32H35FO5. The third-order valence-electron chi connectivity index (χ3n) is 8.12. The standard InChI is InChI=1S/C32H35FO5/c1-31(2,3)29(37-5)25-14-19(6-10-23(25)24-15-21(36-4)9-11-28(24)33)18-38-22-8-7-20-12-13-32(26(20)16-22)17-27(32)30(34)35/h6-11,14-16,27,29H,12-13,17-18H2,1-5H3,(H,34,35)/t27-,29-,32+/m1/s1. The SMILES string of the molecule is COc1ccc(F)c(-c2ccc(COc3ccc4c(c3)[C@]3(CC4)C[C@@H]3C(=O)O)cc2[C@@H](OC)C(C)(C)C)c1. The first kappa shape index (κ1) is 26.2. The van der Waals surface area contributed by atoms with Gasteiger partial charge in [0.2, 0.25) is 0 Å². The van der Waals surface area contributed by atoms with Crippen molar-refractivity contribution >= 4 is 5.97 Å². The van der Waals surface area contributed by atoms with Crippen molar-refractivity contribution in [3.8, 4) is 22.6 Å². The van der Waals surface area contributed by atoms with Gasteiger partial charge in [-0.05, 0) is 88.9 Å². The number of hydrogen-bond acceptors (Lipinski definition) is 4. The van der Waals surface area contributed by atoms with Crippen LogP contribution in [-0.2, 0) is 28.0 Å². The van der Waals surface area contributed by atoms with E-state index in [1.807, 2.05) is 30.3 Å². The zero-order valence-electron chi connectivity index (χ0n) is 22.6. The Balaban J connectivity index is 1.45. The van der Waals surface area contributed by atoms with Crippen LogP contribution in [-0.4, -0.2) is 25.3 Å². The van der Waals surface area contributed by atoms with Gasteiger partial charge in [-0.15, -0.1) is 0 Å². The van der Waals surface area contributed by atoms with E-state index in [4.69, 9.17) is 14.2 Å². The summed E-state index contributed by atoms with van der Waals surface area (Å²) in [5.41, 5.74) is 4.90. The number of ether oxygens (including phenoxy) is 3. The van der Waals surface area contributed by atoms with Gasteiger partial charge in [-0.1, -0.05) is 39.0 Å². The first-order chi connectivity index (χ1) is 18.1. The molecule has 6 heteroatoms. The molecule has 0 aromatic heterocycles. The number of aryl methyl sites for hydroxylation is 1. The number of halogens is 1. The van der Waals surface area contributed by atoms with E-state index in [-0.39, 0.29) is 28.7 Å². The van der Waals surface area contributed by atoms with E-state index in [0.717, 1.165) is 40.8 Å². The largest absolute Gasteiger partial charge is 0.497 e. The van der Waals surface area contributed by atoms with Crippen molar-refractivity contribution in [1.29, 1.82) is 0 Å². The Labute approximate surface area is 223 Å². The van der Waals surface area contributed by atoms with Crippen LogP contribution in [0.5, 0.6) is 11.5 Å². The van der Waals surface area contributed by atoms with Gasteiger partial charge in [0.05, 0.1) is 19.1 Å². The number of rotatable bonds is 8. The molecule has 200 valence electrons. The van der Waals surface area contributed by atoms with Crippen molar-refractivity contribution < 1.29 is 28.5 Å². The van der Waals surface area contributed by atoms with E-state index < -0.39 is 5.97 Å². The van der Waals surface area contributed by atoms with Gasteiger partial charge in [0.1, 0.15) is 23.9 Å². The van der Waals surface area contributed by atoms with Gasteiger partial charge in [-0.3, -0.25) is 4.79 Å². The minimum Gasteiger partial charge on any atom is -0.497 e. The van der Waals surface area contributed by atoms with Gasteiger partial charge in [0.15, 0.2) is 0 Å². The molecule has 3 atom stereocenters. The summed E-state index contributed by atoms with van der Waals surface area (Å²) in [5, 5.41) is 9.55. The maximum Gasteiger partial charge on any atom is 0.307 e. The molecule has 1 saturated carbocycles. The molecule has 1 spiro atoms. The molecule has 0 radical (unpaired) electrons. The molecule has 1 N–H and O–H groups in total. The highest BCUT2D eigenvalue weighted by Crippen LogP contribution is 2.62. The zero-order chi connectivity index (χ0) is 27.2. The van der Waals surface area contributed by atoms with Gasteiger partial charge < -0.3 is 19.3 Å². The molecule has 0 amide bonds. The van der Waals surface area contributed by atoms with Crippen LogP contribution >= 0.6 is 0 Å². The smallest absolute Gasteiger partial charge is 0.307 e. The molecule has 0 heterocycles. The van der Waals surface area contributed by atoms with Crippen LogP contribution in [0.1, 0.15) is 62.0 Å². The van der Waals surface area contributed by atoms with Crippen molar-refractivity contribution in [1.82, 2.24) is 0 Å². The van der Waals surface area contributed by atoms with E-state index in [1.54, 1.807) is 26.4 Å². The first-order valence-corrected chi connectivity index (χ1v) is 13.1. The van der Waals surface area contributed by atoms with Crippen LogP contribution < -0.4 is 9.47 Å². The summed E-state index contributed by atoms with van der Waals surface area (Å²) < 4.78 is 32.5. The molecule has 3 aromatic carbocycles. The number of benzene rings is 3. The van der Waals surface area contributed by atoms with Crippen molar-refractivity contribution in [2.24, 2.45) is 11.3 Å². The normalized spacial score (nSPS) is 20.7. The van der Waals surface area contributed by atoms with E-state index in [9.17, 15) is 9.90 Å². The topological polar surface area (TPSA) is 65.0 Å². The third kappa shape index (κ3) is 4.66. The second-order valence-electron chi connectivity index (χ2n) is 11.6. The molecule has 38 heavy (non-hydrogen) atoms. The summed E-state index contributed by atoms with van der Waals surface area (Å²) >= 11 is 0. The number of carboxylic acids is 1. The molecule has 3 aromatic rings. The van der Waals surface area contributed by atoms with Crippen LogP contribution in [0.4, 0.5) is 4.39 Å². The van der Waals surface area contributed by atoms with Gasteiger partial charge in [0, 0.05) is 18.1 Å². The second kappa shape index (κ2) is 9.73. The van der Waals surface area contributed by atoms with Gasteiger partial charge in [-0.25, -0.2) is 4.39 Å². The van der Waals surface area contributed by atoms with Gasteiger partial charge >= 0.3 is 5.97 Å². The Morgan fingerprint density at radius 3 is 2.47 bits per heavy atom. The van der Waals surface area contributed by atoms with E-state index >= 15 is 4.39 Å². The van der Waals surface area contributed by atoms with Crippen LogP contribution in [0.2, 0.25) is 0 Å². The average Bonchev–Trinajstić information content (AvgIpc) is 3.52. The monoisotopic (exact) mass is 518 g/mol. The van der Waals surface area contributed by atoms with Crippen LogP contribution in [0.3, 0.4) is 0 Å².